The molecule has 0 unspecified atom stereocenters. The van der Waals surface area contributed by atoms with E-state index in [1.807, 2.05) is 30.3 Å². The highest BCUT2D eigenvalue weighted by molar-refractivity contribution is 5.44. The highest BCUT2D eigenvalue weighted by Gasteiger charge is 1.93. The number of phenolic OH excluding ortho intramolecular Hbond substituents is 1. The van der Waals surface area contributed by atoms with Gasteiger partial charge in [0.05, 0.1) is 5.56 Å². The number of aromatic hydroxyl groups is 1. The fourth-order valence-corrected chi connectivity index (χ4v) is 1.59. The van der Waals surface area contributed by atoms with Crippen molar-refractivity contribution in [3.8, 4) is 17.6 Å². The van der Waals surface area contributed by atoms with E-state index in [0.717, 1.165) is 12.8 Å². The zero-order valence-corrected chi connectivity index (χ0v) is 9.56. The van der Waals surface area contributed by atoms with Gasteiger partial charge < -0.3 is 5.11 Å². The number of para-hydroxylation sites is 1. The van der Waals surface area contributed by atoms with E-state index in [0.29, 0.717) is 5.56 Å². The number of aryl methyl sites for hydroxylation is 1. The molecule has 0 atom stereocenters. The first kappa shape index (κ1) is 11.3. The third-order valence-electron chi connectivity index (χ3n) is 2.51. The van der Waals surface area contributed by atoms with Gasteiger partial charge in [0.1, 0.15) is 5.75 Å². The molecule has 1 heteroatoms. The van der Waals surface area contributed by atoms with E-state index in [2.05, 4.69) is 24.0 Å². The second-order valence-electron chi connectivity index (χ2n) is 3.80. The van der Waals surface area contributed by atoms with Gasteiger partial charge in [-0.05, 0) is 24.1 Å². The fraction of sp³-hybridized carbons (Fsp3) is 0.125. The van der Waals surface area contributed by atoms with Crippen molar-refractivity contribution in [1.82, 2.24) is 0 Å². The Morgan fingerprint density at radius 3 is 2.35 bits per heavy atom. The van der Waals surface area contributed by atoms with Crippen LogP contribution in [-0.2, 0) is 6.42 Å². The predicted molar refractivity (Wildman–Crippen MR) is 69.7 cm³/mol. The quantitative estimate of drug-likeness (QED) is 0.772. The average Bonchev–Trinajstić information content (AvgIpc) is 2.38. The van der Waals surface area contributed by atoms with Gasteiger partial charge in [0, 0.05) is 6.42 Å². The lowest BCUT2D eigenvalue weighted by molar-refractivity contribution is 0.473. The Morgan fingerprint density at radius 2 is 1.59 bits per heavy atom. The number of rotatable bonds is 2. The van der Waals surface area contributed by atoms with Crippen LogP contribution in [0.2, 0.25) is 0 Å². The largest absolute Gasteiger partial charge is 0.507 e. The summed E-state index contributed by atoms with van der Waals surface area (Å²) in [6.07, 6.45) is 1.75. The third-order valence-corrected chi connectivity index (χ3v) is 2.51. The molecule has 1 nitrogen and oxygen atoms in total. The summed E-state index contributed by atoms with van der Waals surface area (Å²) >= 11 is 0. The molecule has 0 fully saturated rings. The summed E-state index contributed by atoms with van der Waals surface area (Å²) in [6.45, 7) is 0. The monoisotopic (exact) mass is 222 g/mol. The summed E-state index contributed by atoms with van der Waals surface area (Å²) in [6, 6.07) is 17.4. The summed E-state index contributed by atoms with van der Waals surface area (Å²) in [7, 11) is 0. The number of hydrogen-bond donors (Lipinski definition) is 1. The van der Waals surface area contributed by atoms with Crippen LogP contribution in [0.1, 0.15) is 17.5 Å². The van der Waals surface area contributed by atoms with Crippen molar-refractivity contribution in [2.45, 2.75) is 12.8 Å². The molecule has 2 rings (SSSR count). The Bertz CT molecular complexity index is 532. The second kappa shape index (κ2) is 5.77. The number of hydrogen-bond acceptors (Lipinski definition) is 1. The minimum atomic E-state index is 0.250. The van der Waals surface area contributed by atoms with Gasteiger partial charge in [-0.3, -0.25) is 0 Å². The highest BCUT2D eigenvalue weighted by atomic mass is 16.3. The van der Waals surface area contributed by atoms with E-state index >= 15 is 0 Å². The van der Waals surface area contributed by atoms with Crippen molar-refractivity contribution < 1.29 is 5.11 Å². The molecule has 0 heterocycles. The van der Waals surface area contributed by atoms with Crippen molar-refractivity contribution in [2.24, 2.45) is 0 Å². The van der Waals surface area contributed by atoms with E-state index in [1.54, 1.807) is 12.1 Å². The van der Waals surface area contributed by atoms with Gasteiger partial charge in [-0.15, -0.1) is 0 Å². The Kier molecular flexibility index (Phi) is 3.83. The summed E-state index contributed by atoms with van der Waals surface area (Å²) < 4.78 is 0. The molecule has 0 spiro atoms. The third kappa shape index (κ3) is 3.39. The molecule has 2 aromatic carbocycles. The highest BCUT2D eigenvalue weighted by Crippen LogP contribution is 2.13. The molecule has 0 saturated carbocycles. The first-order valence-electron chi connectivity index (χ1n) is 5.67. The molecule has 0 amide bonds. The molecule has 0 aliphatic heterocycles. The topological polar surface area (TPSA) is 20.2 Å². The van der Waals surface area contributed by atoms with E-state index in [1.165, 1.54) is 5.56 Å². The molecule has 17 heavy (non-hydrogen) atoms. The van der Waals surface area contributed by atoms with Crippen LogP contribution in [0.15, 0.2) is 54.6 Å². The SMILES string of the molecule is Oc1ccccc1C#CCCc1ccccc1. The first-order chi connectivity index (χ1) is 8.36. The lowest BCUT2D eigenvalue weighted by Crippen LogP contribution is -1.82. The molecule has 0 aromatic heterocycles. The van der Waals surface area contributed by atoms with Gasteiger partial charge in [0.15, 0.2) is 0 Å². The summed E-state index contributed by atoms with van der Waals surface area (Å²) in [4.78, 5) is 0. The van der Waals surface area contributed by atoms with Crippen LogP contribution in [0.4, 0.5) is 0 Å². The van der Waals surface area contributed by atoms with Crippen LogP contribution in [0.3, 0.4) is 0 Å². The maximum atomic E-state index is 9.52. The summed E-state index contributed by atoms with van der Waals surface area (Å²) in [5.74, 6) is 6.31. The minimum Gasteiger partial charge on any atom is -0.507 e. The van der Waals surface area contributed by atoms with Gasteiger partial charge in [-0.25, -0.2) is 0 Å². The standard InChI is InChI=1S/C16H14O/c17-16-13-7-6-12-15(16)11-5-4-10-14-8-2-1-3-9-14/h1-3,6-9,12-13,17H,4,10H2. The minimum absolute atomic E-state index is 0.250. The van der Waals surface area contributed by atoms with Gasteiger partial charge in [0.25, 0.3) is 0 Å². The van der Waals surface area contributed by atoms with Crippen molar-refractivity contribution in [2.75, 3.05) is 0 Å². The molecule has 84 valence electrons. The Hall–Kier alpha value is -2.20. The zero-order chi connectivity index (χ0) is 11.9. The number of benzene rings is 2. The molecular weight excluding hydrogens is 208 g/mol. The maximum absolute atomic E-state index is 9.52. The van der Waals surface area contributed by atoms with Crippen LogP contribution in [0.5, 0.6) is 5.75 Å². The molecule has 0 radical (unpaired) electrons. The van der Waals surface area contributed by atoms with Crippen molar-refractivity contribution in [1.29, 1.82) is 0 Å². The zero-order valence-electron chi connectivity index (χ0n) is 9.56. The fourth-order valence-electron chi connectivity index (χ4n) is 1.59. The van der Waals surface area contributed by atoms with Crippen LogP contribution < -0.4 is 0 Å². The molecule has 1 N–H and O–H groups in total. The van der Waals surface area contributed by atoms with Crippen molar-refractivity contribution in [3.05, 3.63) is 65.7 Å². The first-order valence-corrected chi connectivity index (χ1v) is 5.67. The Labute approximate surface area is 102 Å². The predicted octanol–water partition coefficient (Wildman–Crippen LogP) is 3.38. The smallest absolute Gasteiger partial charge is 0.131 e. The lowest BCUT2D eigenvalue weighted by atomic mass is 10.1. The van der Waals surface area contributed by atoms with Gasteiger partial charge in [-0.2, -0.15) is 0 Å². The van der Waals surface area contributed by atoms with Crippen LogP contribution in [0, 0.1) is 11.8 Å². The maximum Gasteiger partial charge on any atom is 0.131 e. The van der Waals surface area contributed by atoms with Crippen molar-refractivity contribution >= 4 is 0 Å². The molecule has 0 aliphatic carbocycles. The molecule has 0 saturated heterocycles. The van der Waals surface area contributed by atoms with E-state index in [4.69, 9.17) is 0 Å². The molecule has 2 aromatic rings. The Balaban J connectivity index is 1.94. The molecule has 0 bridgehead atoms. The van der Waals surface area contributed by atoms with Crippen LogP contribution >= 0.6 is 0 Å². The second-order valence-corrected chi connectivity index (χ2v) is 3.80. The van der Waals surface area contributed by atoms with Crippen molar-refractivity contribution in [3.63, 3.8) is 0 Å². The van der Waals surface area contributed by atoms with Gasteiger partial charge in [0.2, 0.25) is 0 Å². The average molecular weight is 222 g/mol. The molecular formula is C16H14O. The van der Waals surface area contributed by atoms with Gasteiger partial charge in [-0.1, -0.05) is 54.3 Å². The summed E-state index contributed by atoms with van der Waals surface area (Å²) in [5.41, 5.74) is 1.99. The van der Waals surface area contributed by atoms with E-state index < -0.39 is 0 Å². The molecule has 0 aliphatic rings. The number of phenols is 1. The van der Waals surface area contributed by atoms with E-state index in [9.17, 15) is 5.11 Å². The Morgan fingerprint density at radius 1 is 0.882 bits per heavy atom. The van der Waals surface area contributed by atoms with Gasteiger partial charge >= 0.3 is 0 Å². The van der Waals surface area contributed by atoms with Crippen LogP contribution in [0.25, 0.3) is 0 Å². The van der Waals surface area contributed by atoms with E-state index in [-0.39, 0.29) is 5.75 Å². The van der Waals surface area contributed by atoms with Crippen LogP contribution in [-0.4, -0.2) is 5.11 Å². The summed E-state index contributed by atoms with van der Waals surface area (Å²) in [5, 5.41) is 9.52. The normalized spacial score (nSPS) is 9.41. The lowest BCUT2D eigenvalue weighted by Gasteiger charge is -1.95.